The molecule has 2 rings (SSSR count). The van der Waals surface area contributed by atoms with Crippen LogP contribution < -0.4 is 5.32 Å². The van der Waals surface area contributed by atoms with Crippen LogP contribution in [0.1, 0.15) is 18.0 Å². The molecule has 0 radical (unpaired) electrons. The average molecular weight is 332 g/mol. The molecule has 0 spiro atoms. The molecule has 24 heavy (non-hydrogen) atoms. The van der Waals surface area contributed by atoms with Crippen LogP contribution in [0, 0.1) is 0 Å². The standard InChI is InChI=1S/C17H20N2O5/c1-23-16(21)8-5-9-18-15(20)12-14(13-6-3-2-4-7-13)19-10-11-24-17(19)22/h2-8,14H,9-12H2,1H3,(H,18,20)/b8-5+. The molecule has 1 N–H and O–H groups in total. The van der Waals surface area contributed by atoms with Crippen LogP contribution in [0.25, 0.3) is 0 Å². The highest BCUT2D eigenvalue weighted by molar-refractivity contribution is 5.82. The van der Waals surface area contributed by atoms with Gasteiger partial charge in [-0.05, 0) is 5.56 Å². The Hall–Kier alpha value is -2.83. The molecular formula is C17H20N2O5. The summed E-state index contributed by atoms with van der Waals surface area (Å²) in [6, 6.07) is 8.97. The molecule has 1 atom stereocenters. The Morgan fingerprint density at radius 2 is 2.12 bits per heavy atom. The lowest BCUT2D eigenvalue weighted by molar-refractivity contribution is -0.134. The minimum absolute atomic E-state index is 0.116. The number of carbonyl (C=O) groups is 3. The van der Waals surface area contributed by atoms with Crippen molar-refractivity contribution in [1.82, 2.24) is 10.2 Å². The Bertz CT molecular complexity index is 615. The van der Waals surface area contributed by atoms with E-state index in [-0.39, 0.29) is 24.9 Å². The van der Waals surface area contributed by atoms with Gasteiger partial charge in [0.05, 0.1) is 26.1 Å². The molecule has 128 valence electrons. The number of nitrogens with one attached hydrogen (secondary N) is 1. The number of methoxy groups -OCH3 is 1. The molecule has 1 unspecified atom stereocenters. The van der Waals surface area contributed by atoms with Crippen LogP contribution in [0.5, 0.6) is 0 Å². The number of hydrogen-bond acceptors (Lipinski definition) is 5. The van der Waals surface area contributed by atoms with Crippen molar-refractivity contribution < 1.29 is 23.9 Å². The first-order valence-corrected chi connectivity index (χ1v) is 7.61. The van der Waals surface area contributed by atoms with E-state index in [1.165, 1.54) is 19.3 Å². The van der Waals surface area contributed by atoms with Crippen molar-refractivity contribution >= 4 is 18.0 Å². The maximum absolute atomic E-state index is 12.2. The summed E-state index contributed by atoms with van der Waals surface area (Å²) in [6.45, 7) is 0.986. The summed E-state index contributed by atoms with van der Waals surface area (Å²) in [5, 5.41) is 2.69. The zero-order chi connectivity index (χ0) is 17.4. The van der Waals surface area contributed by atoms with Gasteiger partial charge in [-0.1, -0.05) is 36.4 Å². The molecule has 0 bridgehead atoms. The molecule has 1 aliphatic heterocycles. The third kappa shape index (κ3) is 4.84. The lowest BCUT2D eigenvalue weighted by atomic mass is 10.0. The van der Waals surface area contributed by atoms with Crippen molar-refractivity contribution in [1.29, 1.82) is 0 Å². The number of esters is 1. The normalized spacial score (nSPS) is 15.2. The van der Waals surface area contributed by atoms with Crippen molar-refractivity contribution in [2.24, 2.45) is 0 Å². The molecule has 1 aromatic rings. The Morgan fingerprint density at radius 1 is 1.38 bits per heavy atom. The molecule has 1 fully saturated rings. The summed E-state index contributed by atoms with van der Waals surface area (Å²) in [7, 11) is 1.28. The van der Waals surface area contributed by atoms with Crippen LogP contribution in [0.4, 0.5) is 4.79 Å². The van der Waals surface area contributed by atoms with Gasteiger partial charge in [0.15, 0.2) is 0 Å². The van der Waals surface area contributed by atoms with Crippen LogP contribution in [0.3, 0.4) is 0 Å². The van der Waals surface area contributed by atoms with Gasteiger partial charge in [-0.3, -0.25) is 9.69 Å². The number of amides is 2. The van der Waals surface area contributed by atoms with Crippen molar-refractivity contribution in [2.75, 3.05) is 26.8 Å². The van der Waals surface area contributed by atoms with Gasteiger partial charge in [-0.25, -0.2) is 9.59 Å². The molecule has 1 saturated heterocycles. The van der Waals surface area contributed by atoms with Crippen molar-refractivity contribution in [3.8, 4) is 0 Å². The quantitative estimate of drug-likeness (QED) is 0.603. The van der Waals surface area contributed by atoms with E-state index in [9.17, 15) is 14.4 Å². The summed E-state index contributed by atoms with van der Waals surface area (Å²) in [5.74, 6) is -0.704. The lowest BCUT2D eigenvalue weighted by Gasteiger charge is -2.25. The molecule has 0 saturated carbocycles. The lowest BCUT2D eigenvalue weighted by Crippen LogP contribution is -2.34. The second kappa shape index (κ2) is 8.71. The van der Waals surface area contributed by atoms with E-state index in [4.69, 9.17) is 4.74 Å². The van der Waals surface area contributed by atoms with E-state index >= 15 is 0 Å². The molecule has 7 heteroatoms. The second-order valence-corrected chi connectivity index (χ2v) is 5.17. The van der Waals surface area contributed by atoms with Crippen molar-refractivity contribution in [3.63, 3.8) is 0 Å². The van der Waals surface area contributed by atoms with E-state index in [0.717, 1.165) is 5.56 Å². The number of hydrogen-bond donors (Lipinski definition) is 1. The first-order valence-electron chi connectivity index (χ1n) is 7.61. The van der Waals surface area contributed by atoms with E-state index in [1.807, 2.05) is 30.3 Å². The fourth-order valence-electron chi connectivity index (χ4n) is 2.42. The Kier molecular flexibility index (Phi) is 6.36. The number of carbonyl (C=O) groups excluding carboxylic acids is 3. The van der Waals surface area contributed by atoms with E-state index < -0.39 is 12.1 Å². The molecule has 0 aromatic heterocycles. The van der Waals surface area contributed by atoms with Crippen molar-refractivity contribution in [3.05, 3.63) is 48.0 Å². The number of benzene rings is 1. The van der Waals surface area contributed by atoms with Crippen LogP contribution in [0.2, 0.25) is 0 Å². The van der Waals surface area contributed by atoms with Crippen LogP contribution >= 0.6 is 0 Å². The predicted molar refractivity (Wildman–Crippen MR) is 86.0 cm³/mol. The summed E-state index contributed by atoms with van der Waals surface area (Å²) in [4.78, 5) is 36.5. The van der Waals surface area contributed by atoms with Gasteiger partial charge in [0.1, 0.15) is 6.61 Å². The highest BCUT2D eigenvalue weighted by atomic mass is 16.6. The first-order chi connectivity index (χ1) is 11.6. The molecule has 2 amide bonds. The molecule has 1 aromatic carbocycles. The molecule has 7 nitrogen and oxygen atoms in total. The van der Waals surface area contributed by atoms with Gasteiger partial charge in [0.2, 0.25) is 5.91 Å². The monoisotopic (exact) mass is 332 g/mol. The minimum Gasteiger partial charge on any atom is -0.466 e. The third-order valence-corrected chi connectivity index (χ3v) is 3.60. The Morgan fingerprint density at radius 3 is 2.75 bits per heavy atom. The fraction of sp³-hybridized carbons (Fsp3) is 0.353. The van der Waals surface area contributed by atoms with Crippen LogP contribution in [-0.2, 0) is 19.1 Å². The average Bonchev–Trinajstić information content (AvgIpc) is 3.03. The van der Waals surface area contributed by atoms with E-state index in [0.29, 0.717) is 13.2 Å². The van der Waals surface area contributed by atoms with Gasteiger partial charge in [-0.2, -0.15) is 0 Å². The fourth-order valence-corrected chi connectivity index (χ4v) is 2.42. The Balaban J connectivity index is 1.98. The molecule has 0 aliphatic carbocycles. The minimum atomic E-state index is -0.480. The first kappa shape index (κ1) is 17.5. The Labute approximate surface area is 140 Å². The smallest absolute Gasteiger partial charge is 0.410 e. The number of nitrogens with zero attached hydrogens (tertiary/aromatic N) is 1. The zero-order valence-electron chi connectivity index (χ0n) is 13.4. The molecule has 1 aliphatic rings. The number of ether oxygens (including phenoxy) is 2. The van der Waals surface area contributed by atoms with Gasteiger partial charge in [-0.15, -0.1) is 0 Å². The van der Waals surface area contributed by atoms with E-state index in [1.54, 1.807) is 4.90 Å². The summed E-state index contributed by atoms with van der Waals surface area (Å²) < 4.78 is 9.44. The largest absolute Gasteiger partial charge is 0.466 e. The third-order valence-electron chi connectivity index (χ3n) is 3.60. The van der Waals surface area contributed by atoms with Crippen LogP contribution in [-0.4, -0.2) is 49.7 Å². The predicted octanol–water partition coefficient (Wildman–Crippen LogP) is 1.42. The summed E-state index contributed by atoms with van der Waals surface area (Å²) in [6.07, 6.45) is 2.45. The number of rotatable bonds is 7. The van der Waals surface area contributed by atoms with Crippen molar-refractivity contribution in [2.45, 2.75) is 12.5 Å². The highest BCUT2D eigenvalue weighted by Crippen LogP contribution is 2.27. The molecule has 1 heterocycles. The maximum atomic E-state index is 12.2. The SMILES string of the molecule is COC(=O)/C=C/CNC(=O)CC(c1ccccc1)N1CCOC1=O. The van der Waals surface area contributed by atoms with E-state index in [2.05, 4.69) is 10.1 Å². The second-order valence-electron chi connectivity index (χ2n) is 5.17. The zero-order valence-corrected chi connectivity index (χ0v) is 13.4. The summed E-state index contributed by atoms with van der Waals surface area (Å²) in [5.41, 5.74) is 0.872. The molecular weight excluding hydrogens is 312 g/mol. The topological polar surface area (TPSA) is 84.9 Å². The van der Waals surface area contributed by atoms with Gasteiger partial charge in [0.25, 0.3) is 0 Å². The van der Waals surface area contributed by atoms with Gasteiger partial charge >= 0.3 is 12.1 Å². The number of cyclic esters (lactones) is 1. The van der Waals surface area contributed by atoms with Crippen LogP contribution in [0.15, 0.2) is 42.5 Å². The maximum Gasteiger partial charge on any atom is 0.410 e. The highest BCUT2D eigenvalue weighted by Gasteiger charge is 2.32. The van der Waals surface area contributed by atoms with Gasteiger partial charge < -0.3 is 14.8 Å². The summed E-state index contributed by atoms with van der Waals surface area (Å²) >= 11 is 0. The van der Waals surface area contributed by atoms with Gasteiger partial charge in [0, 0.05) is 12.6 Å².